The topological polar surface area (TPSA) is 191 Å². The molecule has 10 nitrogen and oxygen atoms in total. The molecule has 0 aromatic heterocycles. The van der Waals surface area contributed by atoms with Gasteiger partial charge in [-0.3, -0.25) is 14.4 Å². The van der Waals surface area contributed by atoms with E-state index < -0.39 is 41.8 Å². The van der Waals surface area contributed by atoms with Gasteiger partial charge in [-0.25, -0.2) is 4.79 Å². The van der Waals surface area contributed by atoms with Crippen LogP contribution in [0.1, 0.15) is 39.0 Å². The minimum atomic E-state index is -1.16. The molecule has 138 valence electrons. The van der Waals surface area contributed by atoms with E-state index >= 15 is 0 Å². The zero-order valence-electron chi connectivity index (χ0n) is 13.8. The van der Waals surface area contributed by atoms with Crippen molar-refractivity contribution in [2.45, 2.75) is 57.2 Å². The fraction of sp³-hybridized carbons (Fsp3) is 0.714. The van der Waals surface area contributed by atoms with Crippen LogP contribution >= 0.6 is 0 Å². The molecule has 0 unspecified atom stereocenters. The number of primary amides is 1. The van der Waals surface area contributed by atoms with Gasteiger partial charge in [0.1, 0.15) is 12.1 Å². The number of amides is 3. The van der Waals surface area contributed by atoms with E-state index in [0.717, 1.165) is 0 Å². The SMILES string of the molecule is C[C@H](NC(=O)[C@H](N)CCC(N)=O)C(=O)N[C@@H](CCCCN)C(=O)O. The smallest absolute Gasteiger partial charge is 0.326 e. The number of hydrogen-bond donors (Lipinski definition) is 6. The first-order valence-electron chi connectivity index (χ1n) is 7.76. The fourth-order valence-corrected chi connectivity index (χ4v) is 1.86. The van der Waals surface area contributed by atoms with Crippen molar-refractivity contribution in [2.75, 3.05) is 6.54 Å². The highest BCUT2D eigenvalue weighted by atomic mass is 16.4. The van der Waals surface area contributed by atoms with E-state index in [9.17, 15) is 19.2 Å². The van der Waals surface area contributed by atoms with Gasteiger partial charge in [0.2, 0.25) is 17.7 Å². The lowest BCUT2D eigenvalue weighted by molar-refractivity contribution is -0.142. The van der Waals surface area contributed by atoms with Gasteiger partial charge in [-0.2, -0.15) is 0 Å². The summed E-state index contributed by atoms with van der Waals surface area (Å²) in [5, 5.41) is 13.8. The van der Waals surface area contributed by atoms with Gasteiger partial charge in [0.25, 0.3) is 0 Å². The van der Waals surface area contributed by atoms with Crippen LogP contribution in [0, 0.1) is 0 Å². The predicted molar refractivity (Wildman–Crippen MR) is 86.5 cm³/mol. The molecule has 0 aliphatic rings. The van der Waals surface area contributed by atoms with E-state index in [1.165, 1.54) is 6.92 Å². The second kappa shape index (κ2) is 11.4. The van der Waals surface area contributed by atoms with Gasteiger partial charge < -0.3 is 32.9 Å². The first-order valence-corrected chi connectivity index (χ1v) is 7.76. The van der Waals surface area contributed by atoms with Crippen molar-refractivity contribution < 1.29 is 24.3 Å². The molecule has 10 heteroatoms. The van der Waals surface area contributed by atoms with Gasteiger partial charge >= 0.3 is 5.97 Å². The van der Waals surface area contributed by atoms with Crippen molar-refractivity contribution in [1.29, 1.82) is 0 Å². The third kappa shape index (κ3) is 9.06. The van der Waals surface area contributed by atoms with Gasteiger partial charge in [0.15, 0.2) is 0 Å². The molecule has 9 N–H and O–H groups in total. The summed E-state index contributed by atoms with van der Waals surface area (Å²) in [6.07, 6.45) is 1.48. The minimum Gasteiger partial charge on any atom is -0.480 e. The highest BCUT2D eigenvalue weighted by Crippen LogP contribution is 2.02. The van der Waals surface area contributed by atoms with Crippen LogP contribution in [0.15, 0.2) is 0 Å². The third-order valence-electron chi connectivity index (χ3n) is 3.35. The number of aliphatic carboxylic acids is 1. The first-order chi connectivity index (χ1) is 11.2. The number of rotatable bonds is 12. The third-order valence-corrected chi connectivity index (χ3v) is 3.35. The number of nitrogens with two attached hydrogens (primary N) is 3. The van der Waals surface area contributed by atoms with Crippen molar-refractivity contribution >= 4 is 23.7 Å². The Balaban J connectivity index is 4.44. The minimum absolute atomic E-state index is 0.0443. The van der Waals surface area contributed by atoms with Crippen LogP contribution in [0.5, 0.6) is 0 Å². The van der Waals surface area contributed by atoms with Gasteiger partial charge in [-0.15, -0.1) is 0 Å². The Bertz CT molecular complexity index is 457. The van der Waals surface area contributed by atoms with Crippen LogP contribution in [-0.4, -0.2) is 53.5 Å². The number of nitrogens with one attached hydrogen (secondary N) is 2. The standard InChI is InChI=1S/C14H27N5O5/c1-8(18-13(22)9(16)5-6-11(17)20)12(21)19-10(14(23)24)4-2-3-7-15/h8-10H,2-7,15-16H2,1H3,(H2,17,20)(H,18,22)(H,19,21)(H,23,24)/t8-,9+,10-/m0/s1. The summed E-state index contributed by atoms with van der Waals surface area (Å²) in [7, 11) is 0. The van der Waals surface area contributed by atoms with E-state index in [1.54, 1.807) is 0 Å². The van der Waals surface area contributed by atoms with Crippen LogP contribution in [0.3, 0.4) is 0 Å². The zero-order valence-corrected chi connectivity index (χ0v) is 13.8. The second-order valence-corrected chi connectivity index (χ2v) is 5.53. The largest absolute Gasteiger partial charge is 0.480 e. The van der Waals surface area contributed by atoms with Gasteiger partial charge in [-0.05, 0) is 39.2 Å². The van der Waals surface area contributed by atoms with Gasteiger partial charge in [0, 0.05) is 6.42 Å². The van der Waals surface area contributed by atoms with E-state index in [-0.39, 0.29) is 19.3 Å². The highest BCUT2D eigenvalue weighted by molar-refractivity contribution is 5.91. The molecule has 0 aliphatic carbocycles. The molecule has 0 fully saturated rings. The molecule has 24 heavy (non-hydrogen) atoms. The molecule has 0 saturated heterocycles. The van der Waals surface area contributed by atoms with Crippen molar-refractivity contribution in [3.8, 4) is 0 Å². The summed E-state index contributed by atoms with van der Waals surface area (Å²) < 4.78 is 0. The molecule has 0 aromatic carbocycles. The van der Waals surface area contributed by atoms with Crippen LogP contribution in [0.4, 0.5) is 0 Å². The maximum Gasteiger partial charge on any atom is 0.326 e. The Morgan fingerprint density at radius 3 is 2.17 bits per heavy atom. The monoisotopic (exact) mass is 345 g/mol. The Hall–Kier alpha value is -2.20. The highest BCUT2D eigenvalue weighted by Gasteiger charge is 2.25. The molecular formula is C14H27N5O5. The van der Waals surface area contributed by atoms with E-state index in [2.05, 4.69) is 10.6 Å². The second-order valence-electron chi connectivity index (χ2n) is 5.53. The molecule has 0 bridgehead atoms. The molecular weight excluding hydrogens is 318 g/mol. The first kappa shape index (κ1) is 21.8. The van der Waals surface area contributed by atoms with Crippen LogP contribution in [-0.2, 0) is 19.2 Å². The van der Waals surface area contributed by atoms with Gasteiger partial charge in [-0.1, -0.05) is 0 Å². The lowest BCUT2D eigenvalue weighted by Crippen LogP contribution is -2.53. The zero-order chi connectivity index (χ0) is 18.7. The van der Waals surface area contributed by atoms with E-state index in [0.29, 0.717) is 19.4 Å². The quantitative estimate of drug-likeness (QED) is 0.216. The molecule has 0 aliphatic heterocycles. The van der Waals surface area contributed by atoms with Crippen LogP contribution < -0.4 is 27.8 Å². The maximum atomic E-state index is 12.0. The van der Waals surface area contributed by atoms with Crippen molar-refractivity contribution in [3.63, 3.8) is 0 Å². The average Bonchev–Trinajstić information content (AvgIpc) is 2.50. The molecule has 0 radical (unpaired) electrons. The molecule has 0 heterocycles. The molecule has 3 atom stereocenters. The van der Waals surface area contributed by atoms with Crippen molar-refractivity contribution in [2.24, 2.45) is 17.2 Å². The van der Waals surface area contributed by atoms with Crippen LogP contribution in [0.25, 0.3) is 0 Å². The molecule has 3 amide bonds. The normalized spacial score (nSPS) is 14.3. The summed E-state index contributed by atoms with van der Waals surface area (Å²) in [6, 6.07) is -2.99. The Labute approximate surface area is 140 Å². The Kier molecular flexibility index (Phi) is 10.3. The molecule has 0 spiro atoms. The summed E-state index contributed by atoms with van der Waals surface area (Å²) >= 11 is 0. The number of carboxylic acids is 1. The fourth-order valence-electron chi connectivity index (χ4n) is 1.86. The average molecular weight is 345 g/mol. The lowest BCUT2D eigenvalue weighted by Gasteiger charge is -2.20. The number of carbonyl (C=O) groups excluding carboxylic acids is 3. The number of carbonyl (C=O) groups is 4. The summed E-state index contributed by atoms with van der Waals surface area (Å²) in [6.45, 7) is 1.85. The van der Waals surface area contributed by atoms with E-state index in [1.807, 2.05) is 0 Å². The number of unbranched alkanes of at least 4 members (excludes halogenated alkanes) is 1. The van der Waals surface area contributed by atoms with Crippen molar-refractivity contribution in [1.82, 2.24) is 10.6 Å². The van der Waals surface area contributed by atoms with Crippen LogP contribution in [0.2, 0.25) is 0 Å². The summed E-state index contributed by atoms with van der Waals surface area (Å²) in [5.74, 6) is -2.98. The predicted octanol–water partition coefficient (Wildman–Crippen LogP) is -2.22. The lowest BCUT2D eigenvalue weighted by atomic mass is 10.1. The van der Waals surface area contributed by atoms with E-state index in [4.69, 9.17) is 22.3 Å². The Morgan fingerprint density at radius 1 is 1.04 bits per heavy atom. The number of hydrogen-bond acceptors (Lipinski definition) is 6. The van der Waals surface area contributed by atoms with Crippen molar-refractivity contribution in [3.05, 3.63) is 0 Å². The summed E-state index contributed by atoms with van der Waals surface area (Å²) in [4.78, 5) is 45.6. The molecule has 0 saturated carbocycles. The molecule has 0 aromatic rings. The number of carboxylic acid groups (broad SMARTS) is 1. The summed E-state index contributed by atoms with van der Waals surface area (Å²) in [5.41, 5.74) is 15.9. The maximum absolute atomic E-state index is 12.0. The molecule has 0 rings (SSSR count). The van der Waals surface area contributed by atoms with Gasteiger partial charge in [0.05, 0.1) is 6.04 Å². The Morgan fingerprint density at radius 2 is 1.67 bits per heavy atom.